The third-order valence-electron chi connectivity index (χ3n) is 3.01. The van der Waals surface area contributed by atoms with E-state index >= 15 is 0 Å². The van der Waals surface area contributed by atoms with Gasteiger partial charge in [-0.3, -0.25) is 0 Å². The number of thiazole rings is 1. The quantitative estimate of drug-likeness (QED) is 0.884. The van der Waals surface area contributed by atoms with Crippen molar-refractivity contribution in [2.75, 3.05) is 20.6 Å². The van der Waals surface area contributed by atoms with E-state index in [9.17, 15) is 8.42 Å². The fraction of sp³-hybridized carbons (Fsp3) is 0.357. The molecule has 5 nitrogen and oxygen atoms in total. The van der Waals surface area contributed by atoms with E-state index in [0.29, 0.717) is 4.90 Å². The van der Waals surface area contributed by atoms with Crippen LogP contribution in [0.15, 0.2) is 34.5 Å². The van der Waals surface area contributed by atoms with E-state index in [1.807, 2.05) is 5.38 Å². The molecular weight excluding hydrogens is 306 g/mol. The van der Waals surface area contributed by atoms with Crippen LogP contribution in [0.4, 0.5) is 0 Å². The number of rotatable bonds is 6. The molecule has 7 heteroatoms. The van der Waals surface area contributed by atoms with E-state index in [2.05, 4.69) is 17.2 Å². The van der Waals surface area contributed by atoms with Gasteiger partial charge in [0.2, 0.25) is 10.0 Å². The highest BCUT2D eigenvalue weighted by atomic mass is 32.2. The molecule has 0 saturated heterocycles. The summed E-state index contributed by atoms with van der Waals surface area (Å²) in [5, 5.41) is 6.25. The zero-order valence-corrected chi connectivity index (χ0v) is 14.0. The number of sulfonamides is 1. The predicted molar refractivity (Wildman–Crippen MR) is 85.8 cm³/mol. The molecule has 0 fully saturated rings. The second-order valence-electron chi connectivity index (χ2n) is 4.72. The van der Waals surface area contributed by atoms with Crippen LogP contribution >= 0.6 is 11.3 Å². The highest BCUT2D eigenvalue weighted by Crippen LogP contribution is 2.24. The number of hydrogen-bond acceptors (Lipinski definition) is 5. The number of nitrogens with zero attached hydrogens (tertiary/aromatic N) is 2. The fourth-order valence-electron chi connectivity index (χ4n) is 1.77. The predicted octanol–water partition coefficient (Wildman–Crippen LogP) is 2.17. The van der Waals surface area contributed by atoms with Crippen LogP contribution in [0, 0.1) is 0 Å². The molecule has 0 spiro atoms. The van der Waals surface area contributed by atoms with E-state index in [1.54, 1.807) is 35.6 Å². The van der Waals surface area contributed by atoms with Gasteiger partial charge in [0.15, 0.2) is 0 Å². The third-order valence-corrected chi connectivity index (χ3v) is 5.68. The Kier molecular flexibility index (Phi) is 5.10. The summed E-state index contributed by atoms with van der Waals surface area (Å²) in [5.41, 5.74) is 1.80. The van der Waals surface area contributed by atoms with Crippen LogP contribution in [0.3, 0.4) is 0 Å². The first-order valence-corrected chi connectivity index (χ1v) is 8.95. The maximum atomic E-state index is 12.0. The average molecular weight is 325 g/mol. The molecule has 0 saturated carbocycles. The standard InChI is InChI=1S/C14H19N3O2S2/c1-4-15-9-14-16-13(10-20-14)11-5-7-12(8-6-11)21(18,19)17(2)3/h5-8,10,15H,4,9H2,1-3H3. The summed E-state index contributed by atoms with van der Waals surface area (Å²) in [5.74, 6) is 0. The molecule has 1 N–H and O–H groups in total. The minimum atomic E-state index is -3.38. The molecule has 21 heavy (non-hydrogen) atoms. The normalized spacial score (nSPS) is 12.0. The Hall–Kier alpha value is -1.28. The number of nitrogens with one attached hydrogen (secondary N) is 1. The van der Waals surface area contributed by atoms with E-state index in [-0.39, 0.29) is 0 Å². The summed E-state index contributed by atoms with van der Waals surface area (Å²) in [6.07, 6.45) is 0. The van der Waals surface area contributed by atoms with Gasteiger partial charge in [0.1, 0.15) is 5.01 Å². The van der Waals surface area contributed by atoms with Gasteiger partial charge in [-0.1, -0.05) is 19.1 Å². The monoisotopic (exact) mass is 325 g/mol. The Morgan fingerprint density at radius 1 is 1.24 bits per heavy atom. The van der Waals surface area contributed by atoms with Gasteiger partial charge in [-0.25, -0.2) is 17.7 Å². The highest BCUT2D eigenvalue weighted by molar-refractivity contribution is 7.89. The minimum Gasteiger partial charge on any atom is -0.311 e. The Balaban J connectivity index is 2.21. The molecule has 0 radical (unpaired) electrons. The zero-order valence-electron chi connectivity index (χ0n) is 12.3. The summed E-state index contributed by atoms with van der Waals surface area (Å²) < 4.78 is 25.2. The summed E-state index contributed by atoms with van der Waals surface area (Å²) in [6, 6.07) is 6.83. The van der Waals surface area contributed by atoms with Crippen molar-refractivity contribution in [3.63, 3.8) is 0 Å². The van der Waals surface area contributed by atoms with Gasteiger partial charge >= 0.3 is 0 Å². The van der Waals surface area contributed by atoms with Crippen LogP contribution in [0.1, 0.15) is 11.9 Å². The molecule has 0 unspecified atom stereocenters. The SMILES string of the molecule is CCNCc1nc(-c2ccc(S(=O)(=O)N(C)C)cc2)cs1. The first-order chi connectivity index (χ1) is 9.95. The molecule has 0 aliphatic carbocycles. The van der Waals surface area contributed by atoms with Gasteiger partial charge < -0.3 is 5.32 Å². The van der Waals surface area contributed by atoms with Gasteiger partial charge in [-0.05, 0) is 18.7 Å². The van der Waals surface area contributed by atoms with Crippen molar-refractivity contribution >= 4 is 21.4 Å². The number of hydrogen-bond donors (Lipinski definition) is 1. The molecule has 0 aliphatic heterocycles. The van der Waals surface area contributed by atoms with Crippen molar-refractivity contribution in [3.8, 4) is 11.3 Å². The van der Waals surface area contributed by atoms with Crippen LogP contribution in [-0.2, 0) is 16.6 Å². The maximum absolute atomic E-state index is 12.0. The van der Waals surface area contributed by atoms with Crippen LogP contribution in [0.5, 0.6) is 0 Å². The largest absolute Gasteiger partial charge is 0.311 e. The van der Waals surface area contributed by atoms with Gasteiger partial charge in [0, 0.05) is 31.6 Å². The van der Waals surface area contributed by atoms with Gasteiger partial charge in [-0.2, -0.15) is 0 Å². The summed E-state index contributed by atoms with van der Waals surface area (Å²) >= 11 is 1.60. The first-order valence-electron chi connectivity index (χ1n) is 6.63. The topological polar surface area (TPSA) is 62.3 Å². The Labute approximate surface area is 129 Å². The Morgan fingerprint density at radius 3 is 2.48 bits per heavy atom. The van der Waals surface area contributed by atoms with Crippen LogP contribution in [0.25, 0.3) is 11.3 Å². The van der Waals surface area contributed by atoms with Crippen molar-refractivity contribution in [1.82, 2.24) is 14.6 Å². The van der Waals surface area contributed by atoms with E-state index in [0.717, 1.165) is 29.4 Å². The lowest BCUT2D eigenvalue weighted by molar-refractivity contribution is 0.521. The lowest BCUT2D eigenvalue weighted by atomic mass is 10.2. The van der Waals surface area contributed by atoms with Gasteiger partial charge in [0.25, 0.3) is 0 Å². The fourth-order valence-corrected chi connectivity index (χ4v) is 3.44. The van der Waals surface area contributed by atoms with Crippen molar-refractivity contribution < 1.29 is 8.42 Å². The smallest absolute Gasteiger partial charge is 0.242 e. The van der Waals surface area contributed by atoms with Crippen LogP contribution in [-0.4, -0.2) is 38.3 Å². The zero-order chi connectivity index (χ0) is 15.5. The van der Waals surface area contributed by atoms with Crippen molar-refractivity contribution in [2.24, 2.45) is 0 Å². The molecule has 1 aromatic heterocycles. The highest BCUT2D eigenvalue weighted by Gasteiger charge is 2.17. The van der Waals surface area contributed by atoms with Crippen LogP contribution < -0.4 is 5.32 Å². The van der Waals surface area contributed by atoms with Gasteiger partial charge in [0.05, 0.1) is 10.6 Å². The summed E-state index contributed by atoms with van der Waals surface area (Å²) in [6.45, 7) is 3.72. The molecule has 114 valence electrons. The van der Waals surface area contributed by atoms with Crippen molar-refractivity contribution in [3.05, 3.63) is 34.7 Å². The lowest BCUT2D eigenvalue weighted by Crippen LogP contribution is -2.22. The molecular formula is C14H19N3O2S2. The molecule has 0 amide bonds. The average Bonchev–Trinajstić information content (AvgIpc) is 2.94. The number of benzene rings is 1. The van der Waals surface area contributed by atoms with E-state index in [1.165, 1.54) is 18.4 Å². The molecule has 0 bridgehead atoms. The molecule has 2 aromatic rings. The Bertz CT molecular complexity index is 691. The summed E-state index contributed by atoms with van der Waals surface area (Å²) in [4.78, 5) is 4.83. The second-order valence-corrected chi connectivity index (χ2v) is 7.81. The maximum Gasteiger partial charge on any atom is 0.242 e. The first kappa shape index (κ1) is 16.1. The number of aromatic nitrogens is 1. The van der Waals surface area contributed by atoms with E-state index in [4.69, 9.17) is 0 Å². The van der Waals surface area contributed by atoms with Crippen molar-refractivity contribution in [1.29, 1.82) is 0 Å². The molecule has 1 aromatic carbocycles. The third kappa shape index (κ3) is 3.68. The van der Waals surface area contributed by atoms with Crippen LogP contribution in [0.2, 0.25) is 0 Å². The van der Waals surface area contributed by atoms with Gasteiger partial charge in [-0.15, -0.1) is 11.3 Å². The molecule has 0 aliphatic rings. The van der Waals surface area contributed by atoms with E-state index < -0.39 is 10.0 Å². The van der Waals surface area contributed by atoms with Crippen molar-refractivity contribution in [2.45, 2.75) is 18.4 Å². The Morgan fingerprint density at radius 2 is 1.90 bits per heavy atom. The molecule has 0 atom stereocenters. The molecule has 2 rings (SSSR count). The molecule has 1 heterocycles. The minimum absolute atomic E-state index is 0.291. The summed E-state index contributed by atoms with van der Waals surface area (Å²) in [7, 11) is -0.328. The lowest BCUT2D eigenvalue weighted by Gasteiger charge is -2.11. The second kappa shape index (κ2) is 6.65.